The fraction of sp³-hybridized carbons (Fsp3) is 0.0476. The first-order valence-corrected chi connectivity index (χ1v) is 7.61. The van der Waals surface area contributed by atoms with E-state index in [-0.39, 0.29) is 0 Å². The van der Waals surface area contributed by atoms with Crippen molar-refractivity contribution in [1.29, 1.82) is 0 Å². The summed E-state index contributed by atoms with van der Waals surface area (Å²) in [7, 11) is 0. The molecule has 1 heteroatoms. The third-order valence-corrected chi connectivity index (χ3v) is 4.12. The second-order valence-electron chi connectivity index (χ2n) is 5.49. The molecule has 1 heterocycles. The van der Waals surface area contributed by atoms with Gasteiger partial charge in [-0.15, -0.1) is 0 Å². The van der Waals surface area contributed by atoms with Crippen molar-refractivity contribution in [2.75, 3.05) is 11.9 Å². The molecule has 1 aliphatic rings. The van der Waals surface area contributed by atoms with Crippen LogP contribution >= 0.6 is 0 Å². The molecule has 0 radical (unpaired) electrons. The topological polar surface area (TPSA) is 12.0 Å². The first-order valence-electron chi connectivity index (χ1n) is 7.61. The zero-order valence-electron chi connectivity index (χ0n) is 12.3. The summed E-state index contributed by atoms with van der Waals surface area (Å²) in [6, 6.07) is 27.8. The Balaban J connectivity index is 1.71. The van der Waals surface area contributed by atoms with Crippen LogP contribution in [0.2, 0.25) is 0 Å². The Bertz CT molecular complexity index is 814. The van der Waals surface area contributed by atoms with Crippen molar-refractivity contribution in [1.82, 2.24) is 0 Å². The van der Waals surface area contributed by atoms with Crippen molar-refractivity contribution in [2.45, 2.75) is 0 Å². The summed E-state index contributed by atoms with van der Waals surface area (Å²) in [6.45, 7) is 0.882. The van der Waals surface area contributed by atoms with Crippen LogP contribution in [0.1, 0.15) is 11.1 Å². The molecule has 22 heavy (non-hydrogen) atoms. The van der Waals surface area contributed by atoms with E-state index >= 15 is 0 Å². The van der Waals surface area contributed by atoms with Gasteiger partial charge in [0.05, 0.1) is 0 Å². The highest BCUT2D eigenvalue weighted by atomic mass is 14.9. The van der Waals surface area contributed by atoms with Crippen LogP contribution in [0.25, 0.3) is 16.7 Å². The van der Waals surface area contributed by atoms with Gasteiger partial charge in [0.15, 0.2) is 0 Å². The van der Waals surface area contributed by atoms with Gasteiger partial charge in [-0.1, -0.05) is 78.9 Å². The highest BCUT2D eigenvalue weighted by molar-refractivity contribution is 5.88. The maximum absolute atomic E-state index is 3.42. The predicted molar refractivity (Wildman–Crippen MR) is 93.9 cm³/mol. The van der Waals surface area contributed by atoms with Gasteiger partial charge in [-0.2, -0.15) is 0 Å². The maximum atomic E-state index is 3.42. The SMILES string of the molecule is C1=C(c2ccc(-c3ccccc3)cc2)c2ccccc2NC1. The van der Waals surface area contributed by atoms with Crippen LogP contribution in [0, 0.1) is 0 Å². The summed E-state index contributed by atoms with van der Waals surface area (Å²) >= 11 is 0. The molecule has 0 saturated heterocycles. The van der Waals surface area contributed by atoms with Gasteiger partial charge >= 0.3 is 0 Å². The second kappa shape index (κ2) is 5.53. The molecule has 4 rings (SSSR count). The first kappa shape index (κ1) is 12.9. The molecule has 1 aliphatic heterocycles. The molecule has 1 nitrogen and oxygen atoms in total. The molecule has 106 valence electrons. The Morgan fingerprint density at radius 3 is 2.05 bits per heavy atom. The summed E-state index contributed by atoms with van der Waals surface area (Å²) in [5.74, 6) is 0. The van der Waals surface area contributed by atoms with Crippen molar-refractivity contribution >= 4 is 11.3 Å². The van der Waals surface area contributed by atoms with Crippen molar-refractivity contribution in [3.05, 3.63) is 96.1 Å². The Morgan fingerprint density at radius 1 is 0.591 bits per heavy atom. The van der Waals surface area contributed by atoms with Crippen LogP contribution in [0.3, 0.4) is 0 Å². The van der Waals surface area contributed by atoms with Crippen LogP contribution < -0.4 is 5.32 Å². The van der Waals surface area contributed by atoms with E-state index in [9.17, 15) is 0 Å². The molecule has 0 aromatic heterocycles. The molecule has 3 aromatic rings. The number of benzene rings is 3. The summed E-state index contributed by atoms with van der Waals surface area (Å²) < 4.78 is 0. The largest absolute Gasteiger partial charge is 0.381 e. The fourth-order valence-corrected chi connectivity index (χ4v) is 2.99. The lowest BCUT2D eigenvalue weighted by Crippen LogP contribution is -2.08. The number of anilines is 1. The van der Waals surface area contributed by atoms with E-state index in [4.69, 9.17) is 0 Å². The van der Waals surface area contributed by atoms with Crippen molar-refractivity contribution < 1.29 is 0 Å². The Labute approximate surface area is 130 Å². The second-order valence-corrected chi connectivity index (χ2v) is 5.49. The maximum Gasteiger partial charge on any atom is 0.0422 e. The van der Waals surface area contributed by atoms with Gasteiger partial charge < -0.3 is 5.32 Å². The molecule has 0 atom stereocenters. The van der Waals surface area contributed by atoms with Gasteiger partial charge in [-0.3, -0.25) is 0 Å². The lowest BCUT2D eigenvalue weighted by Gasteiger charge is -2.19. The smallest absolute Gasteiger partial charge is 0.0422 e. The van der Waals surface area contributed by atoms with Crippen LogP contribution in [0.4, 0.5) is 5.69 Å². The molecule has 3 aromatic carbocycles. The molecule has 0 unspecified atom stereocenters. The predicted octanol–water partition coefficient (Wildman–Crippen LogP) is 5.21. The van der Waals surface area contributed by atoms with Gasteiger partial charge in [0.25, 0.3) is 0 Å². The van der Waals surface area contributed by atoms with E-state index in [0.29, 0.717) is 0 Å². The first-order chi connectivity index (χ1) is 10.9. The van der Waals surface area contributed by atoms with Crippen LogP contribution in [-0.2, 0) is 0 Å². The molecule has 0 saturated carbocycles. The highest BCUT2D eigenvalue weighted by Crippen LogP contribution is 2.33. The molecule has 0 spiro atoms. The number of para-hydroxylation sites is 1. The number of nitrogens with one attached hydrogen (secondary N) is 1. The minimum atomic E-state index is 0.882. The van der Waals surface area contributed by atoms with Gasteiger partial charge in [-0.05, 0) is 28.3 Å². The van der Waals surface area contributed by atoms with Crippen LogP contribution in [0.15, 0.2) is 84.9 Å². The summed E-state index contributed by atoms with van der Waals surface area (Å²) in [6.07, 6.45) is 2.26. The fourth-order valence-electron chi connectivity index (χ4n) is 2.99. The quantitative estimate of drug-likeness (QED) is 0.680. The lowest BCUT2D eigenvalue weighted by molar-refractivity contribution is 1.29. The third-order valence-electron chi connectivity index (χ3n) is 4.12. The average molecular weight is 283 g/mol. The van der Waals surface area contributed by atoms with E-state index in [1.54, 1.807) is 0 Å². The van der Waals surface area contributed by atoms with E-state index in [0.717, 1.165) is 6.54 Å². The average Bonchev–Trinajstić information content (AvgIpc) is 2.62. The standard InChI is InChI=1S/C21H17N/c1-2-6-16(7-3-1)17-10-12-18(13-11-17)19-14-15-22-21-9-5-4-8-20(19)21/h1-14,22H,15H2. The lowest BCUT2D eigenvalue weighted by atomic mass is 9.92. The molecule has 0 amide bonds. The normalized spacial score (nSPS) is 13.0. The summed E-state index contributed by atoms with van der Waals surface area (Å²) in [4.78, 5) is 0. The number of rotatable bonds is 2. The summed E-state index contributed by atoms with van der Waals surface area (Å²) in [5, 5.41) is 3.42. The van der Waals surface area contributed by atoms with E-state index in [1.807, 2.05) is 0 Å². The number of hydrogen-bond donors (Lipinski definition) is 1. The number of hydrogen-bond acceptors (Lipinski definition) is 1. The Morgan fingerprint density at radius 2 is 1.23 bits per heavy atom. The van der Waals surface area contributed by atoms with Crippen molar-refractivity contribution in [3.63, 3.8) is 0 Å². The minimum Gasteiger partial charge on any atom is -0.381 e. The van der Waals surface area contributed by atoms with E-state index in [2.05, 4.69) is 90.3 Å². The molecule has 1 N–H and O–H groups in total. The van der Waals surface area contributed by atoms with E-state index in [1.165, 1.54) is 33.5 Å². The van der Waals surface area contributed by atoms with Crippen LogP contribution in [0.5, 0.6) is 0 Å². The van der Waals surface area contributed by atoms with E-state index < -0.39 is 0 Å². The zero-order valence-corrected chi connectivity index (χ0v) is 12.3. The van der Waals surface area contributed by atoms with Gasteiger partial charge in [0, 0.05) is 17.8 Å². The monoisotopic (exact) mass is 283 g/mol. The zero-order chi connectivity index (χ0) is 14.8. The van der Waals surface area contributed by atoms with Gasteiger partial charge in [-0.25, -0.2) is 0 Å². The molecule has 0 fully saturated rings. The molecule has 0 bridgehead atoms. The Kier molecular flexibility index (Phi) is 3.24. The van der Waals surface area contributed by atoms with Crippen molar-refractivity contribution in [3.8, 4) is 11.1 Å². The van der Waals surface area contributed by atoms with Crippen molar-refractivity contribution in [2.24, 2.45) is 0 Å². The third kappa shape index (κ3) is 2.31. The molecular weight excluding hydrogens is 266 g/mol. The number of fused-ring (bicyclic) bond motifs is 1. The highest BCUT2D eigenvalue weighted by Gasteiger charge is 2.12. The molecular formula is C21H17N. The summed E-state index contributed by atoms with van der Waals surface area (Å²) in [5.41, 5.74) is 7.59. The minimum absolute atomic E-state index is 0.882. The van der Waals surface area contributed by atoms with Gasteiger partial charge in [0.1, 0.15) is 0 Å². The molecule has 0 aliphatic carbocycles. The Hall–Kier alpha value is -2.80. The van der Waals surface area contributed by atoms with Crippen LogP contribution in [-0.4, -0.2) is 6.54 Å². The van der Waals surface area contributed by atoms with Gasteiger partial charge in [0.2, 0.25) is 0 Å².